The van der Waals surface area contributed by atoms with Crippen molar-refractivity contribution >= 4 is 11.9 Å². The van der Waals surface area contributed by atoms with E-state index in [4.69, 9.17) is 0 Å². The highest BCUT2D eigenvalue weighted by molar-refractivity contribution is 6.04. The van der Waals surface area contributed by atoms with Crippen LogP contribution in [0.5, 0.6) is 0 Å². The third-order valence-corrected chi connectivity index (χ3v) is 4.03. The fourth-order valence-corrected chi connectivity index (χ4v) is 2.98. The maximum Gasteiger partial charge on any atom is 0.325 e. The Kier molecular flexibility index (Phi) is 2.37. The minimum atomic E-state index is -0.214. The average molecular weight is 222 g/mol. The molecule has 1 aliphatic heterocycles. The molecule has 1 saturated heterocycles. The molecule has 16 heavy (non-hydrogen) atoms. The lowest BCUT2D eigenvalue weighted by Crippen LogP contribution is -2.38. The molecule has 3 rings (SSSR count). The summed E-state index contributed by atoms with van der Waals surface area (Å²) in [5.41, 5.74) is 0. The maximum atomic E-state index is 12.1. The SMILES string of the molecule is O=C1NC(C2CCCCC2)C(=O)N1C1CC1. The smallest absolute Gasteiger partial charge is 0.325 e. The summed E-state index contributed by atoms with van der Waals surface area (Å²) in [6.45, 7) is 0. The van der Waals surface area contributed by atoms with E-state index < -0.39 is 0 Å². The second-order valence-corrected chi connectivity index (χ2v) is 5.26. The van der Waals surface area contributed by atoms with E-state index in [1.807, 2.05) is 0 Å². The summed E-state index contributed by atoms with van der Waals surface area (Å²) in [5, 5.41) is 2.88. The molecule has 0 radical (unpaired) electrons. The van der Waals surface area contributed by atoms with Gasteiger partial charge in [-0.1, -0.05) is 19.3 Å². The van der Waals surface area contributed by atoms with E-state index in [1.54, 1.807) is 0 Å². The second kappa shape index (κ2) is 3.75. The standard InChI is InChI=1S/C12H18N2O2/c15-11-10(8-4-2-1-3-5-8)13-12(16)14(11)9-6-7-9/h8-10H,1-7H2,(H,13,16). The Labute approximate surface area is 95.4 Å². The molecule has 0 spiro atoms. The normalized spacial score (nSPS) is 32.0. The lowest BCUT2D eigenvalue weighted by molar-refractivity contribution is -0.129. The molecule has 1 unspecified atom stereocenters. The molecule has 1 N–H and O–H groups in total. The summed E-state index contributed by atoms with van der Waals surface area (Å²) < 4.78 is 0. The molecule has 4 nitrogen and oxygen atoms in total. The number of carbonyl (C=O) groups is 2. The highest BCUT2D eigenvalue weighted by Gasteiger charge is 2.48. The van der Waals surface area contributed by atoms with Crippen molar-refractivity contribution in [3.63, 3.8) is 0 Å². The molecule has 2 saturated carbocycles. The van der Waals surface area contributed by atoms with Crippen molar-refractivity contribution in [1.29, 1.82) is 0 Å². The summed E-state index contributed by atoms with van der Waals surface area (Å²) in [5.74, 6) is 0.424. The molecular formula is C12H18N2O2. The number of hydrogen-bond acceptors (Lipinski definition) is 2. The van der Waals surface area contributed by atoms with E-state index in [0.29, 0.717) is 5.92 Å². The number of rotatable bonds is 2. The van der Waals surface area contributed by atoms with Crippen molar-refractivity contribution in [2.24, 2.45) is 5.92 Å². The molecule has 0 bridgehead atoms. The Morgan fingerprint density at radius 3 is 2.31 bits per heavy atom. The van der Waals surface area contributed by atoms with E-state index in [0.717, 1.165) is 25.7 Å². The van der Waals surface area contributed by atoms with Crippen LogP contribution in [0.15, 0.2) is 0 Å². The van der Waals surface area contributed by atoms with Gasteiger partial charge in [0.25, 0.3) is 5.91 Å². The highest BCUT2D eigenvalue weighted by Crippen LogP contribution is 2.34. The largest absolute Gasteiger partial charge is 0.326 e. The third kappa shape index (κ3) is 1.60. The number of amides is 3. The first-order valence-corrected chi connectivity index (χ1v) is 6.41. The molecule has 2 aliphatic carbocycles. The average Bonchev–Trinajstić information content (AvgIpc) is 3.07. The van der Waals surface area contributed by atoms with E-state index in [9.17, 15) is 9.59 Å². The van der Waals surface area contributed by atoms with E-state index in [-0.39, 0.29) is 24.0 Å². The Morgan fingerprint density at radius 1 is 1.00 bits per heavy atom. The molecule has 3 amide bonds. The zero-order chi connectivity index (χ0) is 11.1. The van der Waals surface area contributed by atoms with Crippen molar-refractivity contribution in [3.05, 3.63) is 0 Å². The number of urea groups is 1. The van der Waals surface area contributed by atoms with Gasteiger partial charge in [0, 0.05) is 6.04 Å². The van der Waals surface area contributed by atoms with Gasteiger partial charge in [-0.25, -0.2) is 4.79 Å². The molecular weight excluding hydrogens is 204 g/mol. The van der Waals surface area contributed by atoms with Crippen molar-refractivity contribution in [2.75, 3.05) is 0 Å². The molecule has 3 fully saturated rings. The Balaban J connectivity index is 1.72. The van der Waals surface area contributed by atoms with Gasteiger partial charge in [0.1, 0.15) is 6.04 Å². The van der Waals surface area contributed by atoms with Gasteiger partial charge < -0.3 is 5.32 Å². The first kappa shape index (κ1) is 10.1. The first-order chi connectivity index (χ1) is 7.77. The van der Waals surface area contributed by atoms with Gasteiger partial charge in [-0.05, 0) is 31.6 Å². The van der Waals surface area contributed by atoms with Crippen LogP contribution in [0.1, 0.15) is 44.9 Å². The fourth-order valence-electron chi connectivity index (χ4n) is 2.98. The van der Waals surface area contributed by atoms with Crippen LogP contribution in [-0.2, 0) is 4.79 Å². The number of hydrogen-bond donors (Lipinski definition) is 1. The van der Waals surface area contributed by atoms with E-state index >= 15 is 0 Å². The van der Waals surface area contributed by atoms with Crippen LogP contribution >= 0.6 is 0 Å². The van der Waals surface area contributed by atoms with Gasteiger partial charge in [0.15, 0.2) is 0 Å². The van der Waals surface area contributed by atoms with Gasteiger partial charge in [-0.2, -0.15) is 0 Å². The summed E-state index contributed by atoms with van der Waals surface area (Å²) in [4.78, 5) is 25.3. The summed E-state index contributed by atoms with van der Waals surface area (Å²) in [6.07, 6.45) is 7.86. The molecule has 4 heteroatoms. The molecule has 0 aromatic carbocycles. The molecule has 3 aliphatic rings. The van der Waals surface area contributed by atoms with Gasteiger partial charge in [-0.15, -0.1) is 0 Å². The lowest BCUT2D eigenvalue weighted by Gasteiger charge is -2.25. The van der Waals surface area contributed by atoms with E-state index in [1.165, 1.54) is 24.2 Å². The van der Waals surface area contributed by atoms with Crippen LogP contribution in [0.3, 0.4) is 0 Å². The van der Waals surface area contributed by atoms with Crippen molar-refractivity contribution in [1.82, 2.24) is 10.2 Å². The van der Waals surface area contributed by atoms with Gasteiger partial charge >= 0.3 is 6.03 Å². The summed E-state index contributed by atoms with van der Waals surface area (Å²) in [7, 11) is 0. The predicted octanol–water partition coefficient (Wildman–Crippen LogP) is 1.65. The minimum Gasteiger partial charge on any atom is -0.326 e. The summed E-state index contributed by atoms with van der Waals surface area (Å²) >= 11 is 0. The zero-order valence-corrected chi connectivity index (χ0v) is 9.45. The van der Waals surface area contributed by atoms with E-state index in [2.05, 4.69) is 5.32 Å². The van der Waals surface area contributed by atoms with Crippen molar-refractivity contribution in [3.8, 4) is 0 Å². The summed E-state index contributed by atoms with van der Waals surface area (Å²) in [6, 6.07) is -0.155. The fraction of sp³-hybridized carbons (Fsp3) is 0.833. The monoisotopic (exact) mass is 222 g/mol. The third-order valence-electron chi connectivity index (χ3n) is 4.03. The molecule has 0 aromatic rings. The van der Waals surface area contributed by atoms with Gasteiger partial charge in [0.2, 0.25) is 0 Å². The highest BCUT2D eigenvalue weighted by atomic mass is 16.2. The predicted molar refractivity (Wildman–Crippen MR) is 58.8 cm³/mol. The van der Waals surface area contributed by atoms with Crippen LogP contribution < -0.4 is 5.32 Å². The molecule has 0 aromatic heterocycles. The topological polar surface area (TPSA) is 49.4 Å². The Bertz CT molecular complexity index is 319. The number of nitrogens with zero attached hydrogens (tertiary/aromatic N) is 1. The van der Waals surface area contributed by atoms with Crippen molar-refractivity contribution < 1.29 is 9.59 Å². The van der Waals surface area contributed by atoms with Crippen LogP contribution in [-0.4, -0.2) is 28.9 Å². The van der Waals surface area contributed by atoms with Crippen LogP contribution in [0, 0.1) is 5.92 Å². The zero-order valence-electron chi connectivity index (χ0n) is 9.45. The van der Waals surface area contributed by atoms with Crippen molar-refractivity contribution in [2.45, 2.75) is 57.0 Å². The quantitative estimate of drug-likeness (QED) is 0.722. The number of imide groups is 1. The van der Waals surface area contributed by atoms with Crippen LogP contribution in [0.25, 0.3) is 0 Å². The molecule has 88 valence electrons. The maximum absolute atomic E-state index is 12.1. The number of carbonyl (C=O) groups excluding carboxylic acids is 2. The lowest BCUT2D eigenvalue weighted by atomic mass is 9.84. The molecule has 1 atom stereocenters. The molecule has 1 heterocycles. The first-order valence-electron chi connectivity index (χ1n) is 6.41. The minimum absolute atomic E-state index is 0.0411. The Morgan fingerprint density at radius 2 is 1.69 bits per heavy atom. The van der Waals surface area contributed by atoms with Crippen LogP contribution in [0.2, 0.25) is 0 Å². The second-order valence-electron chi connectivity index (χ2n) is 5.26. The van der Waals surface area contributed by atoms with Gasteiger partial charge in [0.05, 0.1) is 0 Å². The van der Waals surface area contributed by atoms with Crippen LogP contribution in [0.4, 0.5) is 4.79 Å². The Hall–Kier alpha value is -1.06. The number of nitrogens with one attached hydrogen (secondary N) is 1. The van der Waals surface area contributed by atoms with Gasteiger partial charge in [-0.3, -0.25) is 9.69 Å².